The standard InChI is InChI=1S/C23H23N7O/c1-29(14-21(31)26-17-12-25-30(2)13-17)23-18-8-5-9-19(18)27-22(28-23)20-10-15-6-3-4-7-16(15)11-24-20/h3-4,6-7,10-13H,5,8-9,14H2,1-2H3,(H,26,31). The van der Waals surface area contributed by atoms with Gasteiger partial charge < -0.3 is 10.2 Å². The van der Waals surface area contributed by atoms with Crippen LogP contribution in [0, 0.1) is 0 Å². The van der Waals surface area contributed by atoms with Gasteiger partial charge in [-0.25, -0.2) is 9.97 Å². The van der Waals surface area contributed by atoms with Crippen molar-refractivity contribution in [1.29, 1.82) is 0 Å². The first-order valence-corrected chi connectivity index (χ1v) is 10.3. The van der Waals surface area contributed by atoms with Crippen LogP contribution in [0.2, 0.25) is 0 Å². The lowest BCUT2D eigenvalue weighted by atomic mass is 10.1. The van der Waals surface area contributed by atoms with E-state index in [4.69, 9.17) is 9.97 Å². The number of carbonyl (C=O) groups excluding carboxylic acids is 1. The van der Waals surface area contributed by atoms with E-state index in [9.17, 15) is 4.79 Å². The lowest BCUT2D eigenvalue weighted by Crippen LogP contribution is -2.31. The van der Waals surface area contributed by atoms with Crippen LogP contribution in [-0.2, 0) is 24.7 Å². The van der Waals surface area contributed by atoms with Crippen molar-refractivity contribution < 1.29 is 4.79 Å². The molecule has 0 unspecified atom stereocenters. The largest absolute Gasteiger partial charge is 0.350 e. The Labute approximate surface area is 180 Å². The number of nitrogens with zero attached hydrogens (tertiary/aromatic N) is 6. The number of anilines is 2. The Balaban J connectivity index is 1.45. The minimum Gasteiger partial charge on any atom is -0.350 e. The lowest BCUT2D eigenvalue weighted by molar-refractivity contribution is -0.114. The average molecular weight is 413 g/mol. The zero-order chi connectivity index (χ0) is 21.4. The molecule has 0 saturated carbocycles. The number of hydrogen-bond acceptors (Lipinski definition) is 6. The van der Waals surface area contributed by atoms with Gasteiger partial charge in [0.05, 0.1) is 18.4 Å². The molecule has 0 fully saturated rings. The van der Waals surface area contributed by atoms with Crippen molar-refractivity contribution in [2.24, 2.45) is 7.05 Å². The monoisotopic (exact) mass is 413 g/mol. The summed E-state index contributed by atoms with van der Waals surface area (Å²) >= 11 is 0. The molecule has 1 aliphatic rings. The number of aromatic nitrogens is 5. The molecular weight excluding hydrogens is 390 g/mol. The Morgan fingerprint density at radius 3 is 2.81 bits per heavy atom. The van der Waals surface area contributed by atoms with Crippen LogP contribution >= 0.6 is 0 Å². The molecule has 4 aromatic rings. The van der Waals surface area contributed by atoms with Gasteiger partial charge in [0.2, 0.25) is 5.91 Å². The highest BCUT2D eigenvalue weighted by Crippen LogP contribution is 2.31. The van der Waals surface area contributed by atoms with E-state index in [2.05, 4.69) is 21.5 Å². The number of hydrogen-bond donors (Lipinski definition) is 1. The first-order valence-electron chi connectivity index (χ1n) is 10.3. The number of amides is 1. The van der Waals surface area contributed by atoms with Crippen molar-refractivity contribution in [3.05, 3.63) is 60.2 Å². The average Bonchev–Trinajstić information content (AvgIpc) is 3.41. The molecule has 156 valence electrons. The quantitative estimate of drug-likeness (QED) is 0.541. The zero-order valence-electron chi connectivity index (χ0n) is 17.5. The van der Waals surface area contributed by atoms with Crippen molar-refractivity contribution in [2.75, 3.05) is 23.8 Å². The smallest absolute Gasteiger partial charge is 0.244 e. The van der Waals surface area contributed by atoms with Gasteiger partial charge in [0.25, 0.3) is 0 Å². The maximum atomic E-state index is 12.6. The van der Waals surface area contributed by atoms with E-state index in [0.29, 0.717) is 11.5 Å². The minimum absolute atomic E-state index is 0.119. The number of fused-ring (bicyclic) bond motifs is 2. The number of rotatable bonds is 5. The lowest BCUT2D eigenvalue weighted by Gasteiger charge is -2.21. The van der Waals surface area contributed by atoms with Gasteiger partial charge in [0.15, 0.2) is 5.82 Å². The molecule has 1 aliphatic carbocycles. The van der Waals surface area contributed by atoms with Crippen LogP contribution in [0.5, 0.6) is 0 Å². The van der Waals surface area contributed by atoms with Gasteiger partial charge in [-0.05, 0) is 30.7 Å². The highest BCUT2D eigenvalue weighted by molar-refractivity contribution is 5.93. The summed E-state index contributed by atoms with van der Waals surface area (Å²) in [7, 11) is 3.70. The molecule has 8 heteroatoms. The Bertz CT molecular complexity index is 1280. The fourth-order valence-electron chi connectivity index (χ4n) is 4.03. The van der Waals surface area contributed by atoms with Crippen molar-refractivity contribution in [3.63, 3.8) is 0 Å². The summed E-state index contributed by atoms with van der Waals surface area (Å²) in [5.41, 5.74) is 3.59. The summed E-state index contributed by atoms with van der Waals surface area (Å²) < 4.78 is 1.65. The topological polar surface area (TPSA) is 88.8 Å². The van der Waals surface area contributed by atoms with Crippen LogP contribution in [0.15, 0.2) is 48.9 Å². The highest BCUT2D eigenvalue weighted by Gasteiger charge is 2.23. The predicted octanol–water partition coefficient (Wildman–Crippen LogP) is 2.99. The molecule has 1 N–H and O–H groups in total. The fraction of sp³-hybridized carbons (Fsp3) is 0.261. The summed E-state index contributed by atoms with van der Waals surface area (Å²) in [6.45, 7) is 0.183. The van der Waals surface area contributed by atoms with Gasteiger partial charge in [-0.2, -0.15) is 5.10 Å². The molecule has 0 bridgehead atoms. The third-order valence-corrected chi connectivity index (χ3v) is 5.50. The Morgan fingerprint density at radius 1 is 1.16 bits per heavy atom. The second-order valence-corrected chi connectivity index (χ2v) is 7.87. The Hall–Kier alpha value is -3.81. The normalized spacial score (nSPS) is 12.7. The Morgan fingerprint density at radius 2 is 2.00 bits per heavy atom. The van der Waals surface area contributed by atoms with Gasteiger partial charge in [0, 0.05) is 43.1 Å². The molecule has 31 heavy (non-hydrogen) atoms. The van der Waals surface area contributed by atoms with Crippen LogP contribution in [-0.4, -0.2) is 44.2 Å². The van der Waals surface area contributed by atoms with E-state index < -0.39 is 0 Å². The third-order valence-electron chi connectivity index (χ3n) is 5.50. The Kier molecular flexibility index (Phi) is 4.82. The molecule has 0 aliphatic heterocycles. The molecule has 1 aromatic carbocycles. The SMILES string of the molecule is CN(CC(=O)Nc1cnn(C)c1)c1nc(-c2cc3ccccc3cn2)nc2c1CCC2. The van der Waals surface area contributed by atoms with Crippen molar-refractivity contribution in [1.82, 2.24) is 24.7 Å². The van der Waals surface area contributed by atoms with Gasteiger partial charge in [-0.1, -0.05) is 24.3 Å². The molecule has 1 amide bonds. The van der Waals surface area contributed by atoms with Crippen LogP contribution in [0.4, 0.5) is 11.5 Å². The molecule has 0 radical (unpaired) electrons. The van der Waals surface area contributed by atoms with Crippen LogP contribution < -0.4 is 10.2 Å². The summed E-state index contributed by atoms with van der Waals surface area (Å²) in [5.74, 6) is 1.28. The van der Waals surface area contributed by atoms with Crippen molar-refractivity contribution in [2.45, 2.75) is 19.3 Å². The number of nitrogens with one attached hydrogen (secondary N) is 1. The number of carbonyl (C=O) groups is 1. The first-order chi connectivity index (χ1) is 15.1. The summed E-state index contributed by atoms with van der Waals surface area (Å²) in [4.78, 5) is 28.7. The van der Waals surface area contributed by atoms with Gasteiger partial charge in [-0.3, -0.25) is 14.5 Å². The molecule has 0 spiro atoms. The van der Waals surface area contributed by atoms with Crippen LogP contribution in [0.25, 0.3) is 22.3 Å². The number of benzene rings is 1. The summed E-state index contributed by atoms with van der Waals surface area (Å²) in [6, 6.07) is 10.1. The minimum atomic E-state index is -0.119. The number of pyridine rings is 1. The second kappa shape index (κ2) is 7.79. The molecule has 0 saturated heterocycles. The first kappa shape index (κ1) is 19.2. The second-order valence-electron chi connectivity index (χ2n) is 7.87. The molecule has 5 rings (SSSR count). The summed E-state index contributed by atoms with van der Waals surface area (Å²) in [5, 5.41) is 9.14. The van der Waals surface area contributed by atoms with Crippen LogP contribution in [0.3, 0.4) is 0 Å². The molecule has 3 heterocycles. The molecular formula is C23H23N7O. The van der Waals surface area contributed by atoms with E-state index in [0.717, 1.165) is 52.8 Å². The molecule has 8 nitrogen and oxygen atoms in total. The maximum absolute atomic E-state index is 12.6. The zero-order valence-corrected chi connectivity index (χ0v) is 17.5. The maximum Gasteiger partial charge on any atom is 0.244 e. The van der Waals surface area contributed by atoms with E-state index in [1.807, 2.05) is 49.5 Å². The third kappa shape index (κ3) is 3.84. The van der Waals surface area contributed by atoms with Gasteiger partial charge in [0.1, 0.15) is 11.5 Å². The molecule has 3 aromatic heterocycles. The van der Waals surface area contributed by atoms with Crippen molar-refractivity contribution in [3.8, 4) is 11.5 Å². The predicted molar refractivity (Wildman–Crippen MR) is 120 cm³/mol. The summed E-state index contributed by atoms with van der Waals surface area (Å²) in [6.07, 6.45) is 8.13. The number of likely N-dealkylation sites (N-methyl/N-ethyl adjacent to an activating group) is 1. The molecule has 0 atom stereocenters. The van der Waals surface area contributed by atoms with E-state index >= 15 is 0 Å². The van der Waals surface area contributed by atoms with E-state index in [1.54, 1.807) is 17.1 Å². The van der Waals surface area contributed by atoms with Gasteiger partial charge >= 0.3 is 0 Å². The number of aryl methyl sites for hydroxylation is 2. The highest BCUT2D eigenvalue weighted by atomic mass is 16.2. The van der Waals surface area contributed by atoms with Crippen LogP contribution in [0.1, 0.15) is 17.7 Å². The van der Waals surface area contributed by atoms with Gasteiger partial charge in [-0.15, -0.1) is 0 Å². The van der Waals surface area contributed by atoms with E-state index in [1.165, 1.54) is 0 Å². The fourth-order valence-corrected chi connectivity index (χ4v) is 4.03. The van der Waals surface area contributed by atoms with E-state index in [-0.39, 0.29) is 12.5 Å². The van der Waals surface area contributed by atoms with Crippen molar-refractivity contribution >= 4 is 28.2 Å².